The molecule has 2 aromatic heterocycles. The van der Waals surface area contributed by atoms with E-state index in [1.807, 2.05) is 0 Å². The first kappa shape index (κ1) is 28.5. The van der Waals surface area contributed by atoms with Crippen LogP contribution in [0.3, 0.4) is 0 Å². The molecule has 1 saturated heterocycles. The normalized spacial score (nSPS) is 23.3. The van der Waals surface area contributed by atoms with E-state index >= 15 is 0 Å². The first-order chi connectivity index (χ1) is 17.9. The molecule has 0 radical (unpaired) electrons. The summed E-state index contributed by atoms with van der Waals surface area (Å²) in [5.41, 5.74) is 6.42. The molecule has 0 saturated carbocycles. The summed E-state index contributed by atoms with van der Waals surface area (Å²) in [7, 11) is -4.23. The van der Waals surface area contributed by atoms with Crippen molar-refractivity contribution >= 4 is 53.9 Å². The van der Waals surface area contributed by atoms with Gasteiger partial charge in [0, 0.05) is 0 Å². The second-order valence-corrected chi connectivity index (χ2v) is 11.9. The fourth-order valence-electron chi connectivity index (χ4n) is 3.65. The number of halogens is 2. The van der Waals surface area contributed by atoms with Gasteiger partial charge in [-0.3, -0.25) is 13.9 Å². The van der Waals surface area contributed by atoms with Gasteiger partial charge in [-0.25, -0.2) is 19.5 Å². The first-order valence-corrected chi connectivity index (χ1v) is 13.8. The predicted molar refractivity (Wildman–Crippen MR) is 139 cm³/mol. The van der Waals surface area contributed by atoms with Gasteiger partial charge in [-0.05, 0) is 32.9 Å². The minimum Gasteiger partial charge on any atom is -0.462 e. The molecule has 0 bridgehead atoms. The average Bonchev–Trinajstić information content (AvgIpc) is 3.37. The number of ether oxygens (including phenoxy) is 2. The molecule has 0 aliphatic carbocycles. The zero-order valence-corrected chi connectivity index (χ0v) is 23.0. The highest BCUT2D eigenvalue weighted by molar-refractivity contribution is 7.52. The van der Waals surface area contributed by atoms with E-state index in [0.29, 0.717) is 5.52 Å². The molecule has 4 N–H and O–H groups in total. The van der Waals surface area contributed by atoms with Gasteiger partial charge in [-0.1, -0.05) is 41.4 Å². The third-order valence-electron chi connectivity index (χ3n) is 5.45. The standard InChI is InChI=1S/C22H27Cl2N6O7P/c1-12(2)35-20(32)13(3)29-38(33,37-14-7-5-4-6-8-14)34-9-15-17(31)22(23,24)21(36-15)30-11-28-16-18(25)26-10-27-19(16)30/h4-8,10-13,15,17,21,31H,9H2,1-3H3,(H,29,33)(H2,25,26,27)/t13-,15+,17+,21+,38?/m0/s1. The lowest BCUT2D eigenvalue weighted by Crippen LogP contribution is -2.39. The number of rotatable bonds is 10. The number of nitrogens with zero attached hydrogens (tertiary/aromatic N) is 4. The quantitative estimate of drug-likeness (QED) is 0.180. The van der Waals surface area contributed by atoms with E-state index in [9.17, 15) is 14.5 Å². The summed E-state index contributed by atoms with van der Waals surface area (Å²) in [6.45, 7) is 4.34. The molecule has 206 valence electrons. The van der Waals surface area contributed by atoms with Gasteiger partial charge in [-0.2, -0.15) is 5.09 Å². The maximum Gasteiger partial charge on any atom is 0.459 e. The number of fused-ring (bicyclic) bond motifs is 1. The van der Waals surface area contributed by atoms with Crippen LogP contribution in [0.2, 0.25) is 0 Å². The number of aliphatic hydroxyl groups is 1. The number of nitrogens with one attached hydrogen (secondary N) is 1. The average molecular weight is 589 g/mol. The fraction of sp³-hybridized carbons (Fsp3) is 0.455. The van der Waals surface area contributed by atoms with Gasteiger partial charge < -0.3 is 24.8 Å². The molecule has 1 aliphatic heterocycles. The Kier molecular flexibility index (Phi) is 8.48. The van der Waals surface area contributed by atoms with Crippen molar-refractivity contribution < 1.29 is 33.0 Å². The zero-order valence-electron chi connectivity index (χ0n) is 20.6. The van der Waals surface area contributed by atoms with Crippen LogP contribution in [0.15, 0.2) is 43.0 Å². The summed E-state index contributed by atoms with van der Waals surface area (Å²) in [6.07, 6.45) is -1.64. The Hall–Kier alpha value is -2.51. The van der Waals surface area contributed by atoms with Crippen LogP contribution in [-0.4, -0.2) is 65.9 Å². The number of carbonyl (C=O) groups is 1. The Labute approximate surface area is 228 Å². The Bertz CT molecular complexity index is 1330. The number of para-hydroxylation sites is 1. The number of imidazole rings is 1. The van der Waals surface area contributed by atoms with Crippen LogP contribution in [0.4, 0.5) is 5.82 Å². The number of carbonyl (C=O) groups excluding carboxylic acids is 1. The van der Waals surface area contributed by atoms with Gasteiger partial charge in [0.2, 0.25) is 0 Å². The summed E-state index contributed by atoms with van der Waals surface area (Å²) >= 11 is 13.0. The summed E-state index contributed by atoms with van der Waals surface area (Å²) < 4.78 is 35.6. The molecule has 3 heterocycles. The predicted octanol–water partition coefficient (Wildman–Crippen LogP) is 2.97. The monoisotopic (exact) mass is 588 g/mol. The topological polar surface area (TPSA) is 173 Å². The lowest BCUT2D eigenvalue weighted by Gasteiger charge is -2.25. The molecular weight excluding hydrogens is 562 g/mol. The van der Waals surface area contributed by atoms with Crippen molar-refractivity contribution in [1.29, 1.82) is 0 Å². The number of hydrogen-bond acceptors (Lipinski definition) is 11. The third kappa shape index (κ3) is 6.04. The molecule has 13 nitrogen and oxygen atoms in total. The molecule has 0 spiro atoms. The van der Waals surface area contributed by atoms with E-state index < -0.39 is 49.1 Å². The number of anilines is 1. The molecule has 5 atom stereocenters. The van der Waals surface area contributed by atoms with Gasteiger partial charge in [0.05, 0.1) is 19.0 Å². The SMILES string of the molecule is CC(C)OC(=O)[C@H](C)NP(=O)(OC[C@H]1O[C@@H](n2cnc3c(N)ncnc32)C(Cl)(Cl)[C@@H]1O)Oc1ccccc1. The second-order valence-electron chi connectivity index (χ2n) is 8.76. The number of nitrogens with two attached hydrogens (primary N) is 1. The molecular formula is C22H27Cl2N6O7P. The van der Waals surface area contributed by atoms with Gasteiger partial charge in [-0.15, -0.1) is 0 Å². The molecule has 4 rings (SSSR count). The van der Waals surface area contributed by atoms with Crippen LogP contribution < -0.4 is 15.3 Å². The van der Waals surface area contributed by atoms with Crippen LogP contribution >= 0.6 is 30.9 Å². The van der Waals surface area contributed by atoms with Gasteiger partial charge in [0.1, 0.15) is 35.8 Å². The minimum absolute atomic E-state index is 0.136. The van der Waals surface area contributed by atoms with Gasteiger partial charge in [0.25, 0.3) is 0 Å². The van der Waals surface area contributed by atoms with Gasteiger partial charge in [0.15, 0.2) is 22.0 Å². The Morgan fingerprint density at radius 2 is 1.97 bits per heavy atom. The second kappa shape index (κ2) is 11.3. The van der Waals surface area contributed by atoms with E-state index in [-0.39, 0.29) is 23.3 Å². The smallest absolute Gasteiger partial charge is 0.459 e. The molecule has 1 aliphatic rings. The van der Waals surface area contributed by atoms with Crippen molar-refractivity contribution in [3.05, 3.63) is 43.0 Å². The Morgan fingerprint density at radius 3 is 2.66 bits per heavy atom. The fourth-order valence-corrected chi connectivity index (χ4v) is 5.75. The van der Waals surface area contributed by atoms with Crippen LogP contribution in [0.1, 0.15) is 27.0 Å². The molecule has 38 heavy (non-hydrogen) atoms. The van der Waals surface area contributed by atoms with Crippen LogP contribution in [0, 0.1) is 0 Å². The third-order valence-corrected chi connectivity index (χ3v) is 7.92. The molecule has 16 heteroatoms. The Morgan fingerprint density at radius 1 is 1.26 bits per heavy atom. The summed E-state index contributed by atoms with van der Waals surface area (Å²) in [5, 5.41) is 13.4. The lowest BCUT2D eigenvalue weighted by atomic mass is 10.2. The minimum atomic E-state index is -4.23. The molecule has 1 fully saturated rings. The maximum atomic E-state index is 13.7. The van der Waals surface area contributed by atoms with E-state index in [1.54, 1.807) is 44.2 Å². The maximum absolute atomic E-state index is 13.7. The number of aliphatic hydroxyl groups excluding tert-OH is 1. The highest BCUT2D eigenvalue weighted by atomic mass is 35.5. The van der Waals surface area contributed by atoms with Crippen molar-refractivity contribution in [3.63, 3.8) is 0 Å². The number of aromatic nitrogens is 4. The van der Waals surface area contributed by atoms with E-state index in [1.165, 1.54) is 24.1 Å². The van der Waals surface area contributed by atoms with Gasteiger partial charge >= 0.3 is 13.7 Å². The number of hydrogen-bond donors (Lipinski definition) is 3. The molecule has 0 amide bonds. The van der Waals surface area contributed by atoms with E-state index in [0.717, 1.165) is 0 Å². The number of alkyl halides is 2. The summed E-state index contributed by atoms with van der Waals surface area (Å²) in [4.78, 5) is 24.5. The van der Waals surface area contributed by atoms with Crippen LogP contribution in [0.5, 0.6) is 5.75 Å². The van der Waals surface area contributed by atoms with Crippen LogP contribution in [0.25, 0.3) is 11.2 Å². The lowest BCUT2D eigenvalue weighted by molar-refractivity contribution is -0.149. The van der Waals surface area contributed by atoms with E-state index in [4.69, 9.17) is 47.5 Å². The van der Waals surface area contributed by atoms with Crippen molar-refractivity contribution in [3.8, 4) is 5.75 Å². The number of nitrogen functional groups attached to an aromatic ring is 1. The number of benzene rings is 1. The summed E-state index contributed by atoms with van der Waals surface area (Å²) in [5.74, 6) is -0.312. The molecule has 1 aromatic carbocycles. The van der Waals surface area contributed by atoms with Crippen LogP contribution in [-0.2, 0) is 23.4 Å². The van der Waals surface area contributed by atoms with Crippen molar-refractivity contribution in [1.82, 2.24) is 24.6 Å². The zero-order chi connectivity index (χ0) is 27.7. The van der Waals surface area contributed by atoms with Crippen molar-refractivity contribution in [2.45, 2.75) is 55.7 Å². The largest absolute Gasteiger partial charge is 0.462 e. The molecule has 3 aromatic rings. The Balaban J connectivity index is 1.54. The van der Waals surface area contributed by atoms with Crippen molar-refractivity contribution in [2.75, 3.05) is 12.3 Å². The number of esters is 1. The first-order valence-electron chi connectivity index (χ1n) is 11.5. The van der Waals surface area contributed by atoms with E-state index in [2.05, 4.69) is 20.0 Å². The summed E-state index contributed by atoms with van der Waals surface area (Å²) in [6, 6.07) is 7.16. The van der Waals surface area contributed by atoms with Crippen molar-refractivity contribution in [2.24, 2.45) is 0 Å². The highest BCUT2D eigenvalue weighted by Gasteiger charge is 2.56. The highest BCUT2D eigenvalue weighted by Crippen LogP contribution is 2.50. The molecule has 1 unspecified atom stereocenters.